The maximum absolute atomic E-state index is 12.2. The minimum absolute atomic E-state index is 0.0338. The second kappa shape index (κ2) is 4.77. The van der Waals surface area contributed by atoms with Crippen molar-refractivity contribution in [3.8, 4) is 5.75 Å². The Kier molecular flexibility index (Phi) is 3.07. The van der Waals surface area contributed by atoms with E-state index >= 15 is 0 Å². The Morgan fingerprint density at radius 1 is 1.20 bits per heavy atom. The van der Waals surface area contributed by atoms with Crippen molar-refractivity contribution < 1.29 is 22.4 Å². The molecule has 2 aromatic rings. The first-order valence-electron chi connectivity index (χ1n) is 5.89. The van der Waals surface area contributed by atoms with Gasteiger partial charge in [-0.3, -0.25) is 4.79 Å². The van der Waals surface area contributed by atoms with Gasteiger partial charge in [0, 0.05) is 5.56 Å². The molecular weight excluding hydrogens is 282 g/mol. The van der Waals surface area contributed by atoms with E-state index in [1.807, 2.05) is 12.1 Å². The Morgan fingerprint density at radius 2 is 2.00 bits per heavy atom. The van der Waals surface area contributed by atoms with Crippen molar-refractivity contribution >= 4 is 16.3 Å². The monoisotopic (exact) mass is 293 g/mol. The van der Waals surface area contributed by atoms with E-state index < -0.39 is 16.1 Å². The van der Waals surface area contributed by atoms with Gasteiger partial charge in [-0.05, 0) is 18.2 Å². The standard InChI is InChI=1S/C13H11NO5S/c15-7-9-5-6-13(19-9)20(16,17)14-11-8-18-12-4-2-1-3-10(11)12/h1-7,11,14H,8H2. The highest BCUT2D eigenvalue weighted by atomic mass is 32.2. The van der Waals surface area contributed by atoms with E-state index in [2.05, 4.69) is 4.72 Å². The predicted molar refractivity (Wildman–Crippen MR) is 69.1 cm³/mol. The summed E-state index contributed by atoms with van der Waals surface area (Å²) in [6, 6.07) is 9.29. The molecule has 0 saturated heterocycles. The summed E-state index contributed by atoms with van der Waals surface area (Å²) in [5.41, 5.74) is 0.776. The molecule has 0 amide bonds. The molecule has 1 atom stereocenters. The number of aldehydes is 1. The van der Waals surface area contributed by atoms with Gasteiger partial charge in [-0.15, -0.1) is 0 Å². The van der Waals surface area contributed by atoms with Crippen molar-refractivity contribution in [1.82, 2.24) is 4.72 Å². The molecule has 0 radical (unpaired) electrons. The fourth-order valence-corrected chi connectivity index (χ4v) is 3.19. The van der Waals surface area contributed by atoms with Gasteiger partial charge in [0.15, 0.2) is 12.0 Å². The number of hydrogen-bond acceptors (Lipinski definition) is 5. The average Bonchev–Trinajstić information content (AvgIpc) is 3.06. The Hall–Kier alpha value is -2.12. The Morgan fingerprint density at radius 3 is 2.75 bits per heavy atom. The summed E-state index contributed by atoms with van der Waals surface area (Å²) in [5.74, 6) is 0.627. The second-order valence-electron chi connectivity index (χ2n) is 4.30. The van der Waals surface area contributed by atoms with E-state index in [1.165, 1.54) is 12.1 Å². The third-order valence-electron chi connectivity index (χ3n) is 2.98. The molecule has 2 heterocycles. The van der Waals surface area contributed by atoms with Crippen molar-refractivity contribution in [3.05, 3.63) is 47.7 Å². The maximum atomic E-state index is 12.2. The fourth-order valence-electron chi connectivity index (χ4n) is 2.05. The number of ether oxygens (including phenoxy) is 1. The smallest absolute Gasteiger partial charge is 0.274 e. The zero-order valence-corrected chi connectivity index (χ0v) is 11.1. The summed E-state index contributed by atoms with van der Waals surface area (Å²) in [6.45, 7) is 0.222. The van der Waals surface area contributed by atoms with Gasteiger partial charge in [-0.1, -0.05) is 18.2 Å². The number of sulfonamides is 1. The average molecular weight is 293 g/mol. The first-order valence-corrected chi connectivity index (χ1v) is 7.37. The first-order chi connectivity index (χ1) is 9.60. The van der Waals surface area contributed by atoms with Crippen LogP contribution >= 0.6 is 0 Å². The molecule has 1 aliphatic rings. The van der Waals surface area contributed by atoms with Gasteiger partial charge < -0.3 is 9.15 Å². The van der Waals surface area contributed by atoms with Crippen LogP contribution in [0.4, 0.5) is 0 Å². The third-order valence-corrected chi connectivity index (χ3v) is 4.32. The first kappa shape index (κ1) is 12.9. The molecule has 0 spiro atoms. The second-order valence-corrected chi connectivity index (χ2v) is 5.94. The van der Waals surface area contributed by atoms with Crippen LogP contribution < -0.4 is 9.46 Å². The molecule has 0 fully saturated rings. The molecule has 20 heavy (non-hydrogen) atoms. The molecule has 0 bridgehead atoms. The van der Waals surface area contributed by atoms with E-state index in [-0.39, 0.29) is 17.5 Å². The van der Waals surface area contributed by atoms with Gasteiger partial charge in [0.1, 0.15) is 12.4 Å². The van der Waals surface area contributed by atoms with Crippen LogP contribution in [0.3, 0.4) is 0 Å². The Labute approximate surface area is 115 Å². The van der Waals surface area contributed by atoms with Gasteiger partial charge in [-0.25, -0.2) is 8.42 Å². The zero-order valence-electron chi connectivity index (χ0n) is 10.3. The molecule has 0 saturated carbocycles. The van der Waals surface area contributed by atoms with E-state index in [1.54, 1.807) is 12.1 Å². The summed E-state index contributed by atoms with van der Waals surface area (Å²) in [7, 11) is -3.83. The number of carbonyl (C=O) groups is 1. The maximum Gasteiger partial charge on any atom is 0.274 e. The number of benzene rings is 1. The molecular formula is C13H11NO5S. The Balaban J connectivity index is 1.86. The summed E-state index contributed by atoms with van der Waals surface area (Å²) in [5, 5.41) is -0.288. The van der Waals surface area contributed by atoms with Crippen LogP contribution in [0.1, 0.15) is 22.2 Å². The van der Waals surface area contributed by atoms with E-state index in [0.717, 1.165) is 5.56 Å². The van der Waals surface area contributed by atoms with Crippen LogP contribution in [0, 0.1) is 0 Å². The van der Waals surface area contributed by atoms with Crippen LogP contribution in [0.5, 0.6) is 5.75 Å². The van der Waals surface area contributed by atoms with Crippen molar-refractivity contribution in [1.29, 1.82) is 0 Å². The van der Waals surface area contributed by atoms with Gasteiger partial charge in [0.25, 0.3) is 10.0 Å². The highest BCUT2D eigenvalue weighted by Gasteiger charge is 2.30. The molecule has 1 aromatic heterocycles. The van der Waals surface area contributed by atoms with Crippen molar-refractivity contribution in [2.24, 2.45) is 0 Å². The summed E-state index contributed by atoms with van der Waals surface area (Å²) in [4.78, 5) is 10.5. The van der Waals surface area contributed by atoms with Crippen LogP contribution in [0.15, 0.2) is 45.9 Å². The minimum atomic E-state index is -3.83. The minimum Gasteiger partial charge on any atom is -0.491 e. The largest absolute Gasteiger partial charge is 0.491 e. The third kappa shape index (κ3) is 2.21. The van der Waals surface area contributed by atoms with Crippen LogP contribution in [0.25, 0.3) is 0 Å². The number of carbonyl (C=O) groups excluding carboxylic acids is 1. The molecule has 1 aliphatic heterocycles. The van der Waals surface area contributed by atoms with Gasteiger partial charge in [-0.2, -0.15) is 4.72 Å². The van der Waals surface area contributed by atoms with Crippen molar-refractivity contribution in [2.75, 3.05) is 6.61 Å². The lowest BCUT2D eigenvalue weighted by Crippen LogP contribution is -2.29. The normalized spacial score (nSPS) is 17.5. The molecule has 7 heteroatoms. The number of para-hydroxylation sites is 1. The fraction of sp³-hybridized carbons (Fsp3) is 0.154. The molecule has 104 valence electrons. The molecule has 0 aliphatic carbocycles. The molecule has 1 aromatic carbocycles. The lowest BCUT2D eigenvalue weighted by Gasteiger charge is -2.10. The summed E-state index contributed by atoms with van der Waals surface area (Å²) in [6.07, 6.45) is 0.451. The molecule has 3 rings (SSSR count). The van der Waals surface area contributed by atoms with Crippen LogP contribution in [0.2, 0.25) is 0 Å². The molecule has 1 N–H and O–H groups in total. The molecule has 1 unspecified atom stereocenters. The van der Waals surface area contributed by atoms with Crippen LogP contribution in [-0.2, 0) is 10.0 Å². The topological polar surface area (TPSA) is 85.6 Å². The summed E-state index contributed by atoms with van der Waals surface area (Å²) < 4.78 is 37.1. The highest BCUT2D eigenvalue weighted by Crippen LogP contribution is 2.32. The highest BCUT2D eigenvalue weighted by molar-refractivity contribution is 7.89. The van der Waals surface area contributed by atoms with E-state index in [0.29, 0.717) is 12.0 Å². The van der Waals surface area contributed by atoms with E-state index in [4.69, 9.17) is 9.15 Å². The summed E-state index contributed by atoms with van der Waals surface area (Å²) >= 11 is 0. The van der Waals surface area contributed by atoms with Gasteiger partial charge in [0.05, 0.1) is 6.04 Å². The van der Waals surface area contributed by atoms with Gasteiger partial charge >= 0.3 is 0 Å². The molecule has 6 nitrogen and oxygen atoms in total. The van der Waals surface area contributed by atoms with Gasteiger partial charge in [0.2, 0.25) is 5.09 Å². The number of fused-ring (bicyclic) bond motifs is 1. The lowest BCUT2D eigenvalue weighted by atomic mass is 10.1. The van der Waals surface area contributed by atoms with E-state index in [9.17, 15) is 13.2 Å². The Bertz CT molecular complexity index is 750. The number of hydrogen-bond donors (Lipinski definition) is 1. The SMILES string of the molecule is O=Cc1ccc(S(=O)(=O)NC2COc3ccccc32)o1. The number of nitrogens with one attached hydrogen (secondary N) is 1. The van der Waals surface area contributed by atoms with Crippen LogP contribution in [-0.4, -0.2) is 21.3 Å². The number of rotatable bonds is 4. The zero-order chi connectivity index (χ0) is 14.2. The quantitative estimate of drug-likeness (QED) is 0.863. The lowest BCUT2D eigenvalue weighted by molar-refractivity contribution is 0.109. The van der Waals surface area contributed by atoms with Crippen molar-refractivity contribution in [3.63, 3.8) is 0 Å². The predicted octanol–water partition coefficient (Wildman–Crippen LogP) is 1.50. The van der Waals surface area contributed by atoms with Crippen molar-refractivity contribution in [2.45, 2.75) is 11.1 Å². The number of furan rings is 1.